The monoisotopic (exact) mass is 413 g/mol. The summed E-state index contributed by atoms with van der Waals surface area (Å²) in [5.41, 5.74) is 4.64. The van der Waals surface area contributed by atoms with E-state index in [0.29, 0.717) is 5.95 Å². The lowest BCUT2D eigenvalue weighted by atomic mass is 10.0. The lowest BCUT2D eigenvalue weighted by Crippen LogP contribution is -2.23. The minimum absolute atomic E-state index is 0.0504. The van der Waals surface area contributed by atoms with E-state index in [9.17, 15) is 4.79 Å². The maximum absolute atomic E-state index is 11.2. The quantitative estimate of drug-likeness (QED) is 0.479. The van der Waals surface area contributed by atoms with Crippen molar-refractivity contribution in [3.63, 3.8) is 0 Å². The van der Waals surface area contributed by atoms with E-state index in [-0.39, 0.29) is 11.9 Å². The van der Waals surface area contributed by atoms with Gasteiger partial charge in [0.15, 0.2) is 0 Å². The number of benzene rings is 2. The Bertz CT molecular complexity index is 1210. The number of fused-ring (bicyclic) bond motifs is 1. The highest BCUT2D eigenvalue weighted by Gasteiger charge is 2.11. The summed E-state index contributed by atoms with van der Waals surface area (Å²) in [7, 11) is 1.65. The minimum atomic E-state index is -0.0539. The second-order valence-electron chi connectivity index (χ2n) is 7.21. The summed E-state index contributed by atoms with van der Waals surface area (Å²) in [4.78, 5) is 24.4. The van der Waals surface area contributed by atoms with Crippen molar-refractivity contribution in [2.45, 2.75) is 19.9 Å². The highest BCUT2D eigenvalue weighted by molar-refractivity contribution is 5.88. The molecule has 0 fully saturated rings. The summed E-state index contributed by atoms with van der Waals surface area (Å²) in [6, 6.07) is 15.6. The van der Waals surface area contributed by atoms with Gasteiger partial charge in [0, 0.05) is 48.2 Å². The van der Waals surface area contributed by atoms with Crippen LogP contribution >= 0.6 is 0 Å². The maximum atomic E-state index is 11.2. The molecule has 2 N–H and O–H groups in total. The molecule has 0 radical (unpaired) electrons. The minimum Gasteiger partial charge on any atom is -0.496 e. The van der Waals surface area contributed by atoms with Gasteiger partial charge in [-0.3, -0.25) is 9.78 Å². The van der Waals surface area contributed by atoms with Crippen molar-refractivity contribution in [3.05, 3.63) is 72.7 Å². The van der Waals surface area contributed by atoms with Crippen LogP contribution in [0, 0.1) is 0 Å². The van der Waals surface area contributed by atoms with Crippen molar-refractivity contribution < 1.29 is 9.53 Å². The Kier molecular flexibility index (Phi) is 5.75. The first kappa shape index (κ1) is 20.3. The third kappa shape index (κ3) is 4.61. The fourth-order valence-corrected chi connectivity index (χ4v) is 3.42. The average Bonchev–Trinajstić information content (AvgIpc) is 2.78. The van der Waals surface area contributed by atoms with Gasteiger partial charge in [0.25, 0.3) is 0 Å². The largest absolute Gasteiger partial charge is 0.496 e. The van der Waals surface area contributed by atoms with Crippen LogP contribution in [0.25, 0.3) is 22.0 Å². The second-order valence-corrected chi connectivity index (χ2v) is 7.21. The number of methoxy groups -OCH3 is 1. The summed E-state index contributed by atoms with van der Waals surface area (Å²) in [5.74, 6) is 1.18. The molecule has 1 amide bonds. The number of pyridine rings is 1. The van der Waals surface area contributed by atoms with E-state index < -0.39 is 0 Å². The van der Waals surface area contributed by atoms with E-state index in [1.807, 2.05) is 55.5 Å². The molecule has 2 heterocycles. The van der Waals surface area contributed by atoms with Crippen LogP contribution < -0.4 is 15.4 Å². The molecule has 0 unspecified atom stereocenters. The summed E-state index contributed by atoms with van der Waals surface area (Å²) < 4.78 is 5.60. The van der Waals surface area contributed by atoms with Gasteiger partial charge >= 0.3 is 0 Å². The van der Waals surface area contributed by atoms with Crippen LogP contribution in [-0.4, -0.2) is 28.0 Å². The molecule has 1 atom stereocenters. The van der Waals surface area contributed by atoms with Gasteiger partial charge < -0.3 is 15.4 Å². The number of carbonyl (C=O) groups excluding carboxylic acids is 1. The summed E-state index contributed by atoms with van der Waals surface area (Å²) in [5, 5.41) is 7.02. The van der Waals surface area contributed by atoms with Crippen LogP contribution in [0.4, 0.5) is 11.6 Å². The van der Waals surface area contributed by atoms with Crippen molar-refractivity contribution in [2.24, 2.45) is 0 Å². The standard InChI is InChI=1S/C24H23N5O2/c1-15(27-16(2)30)17-4-6-20(7-5-17)28-24-26-14-19-12-21(18-8-10-25-11-9-18)23(31-3)13-22(19)29-24/h4-15H,1-3H3,(H,27,30)(H,26,28,29)/t15-/m1/s1. The zero-order valence-corrected chi connectivity index (χ0v) is 17.6. The predicted molar refractivity (Wildman–Crippen MR) is 121 cm³/mol. The second kappa shape index (κ2) is 8.79. The van der Waals surface area contributed by atoms with Gasteiger partial charge in [-0.25, -0.2) is 9.97 Å². The number of ether oxygens (including phenoxy) is 1. The van der Waals surface area contributed by atoms with E-state index in [1.54, 1.807) is 25.7 Å². The number of nitrogens with zero attached hydrogens (tertiary/aromatic N) is 3. The lowest BCUT2D eigenvalue weighted by Gasteiger charge is -2.14. The fraction of sp³-hybridized carbons (Fsp3) is 0.167. The molecule has 156 valence electrons. The Hall–Kier alpha value is -4.00. The van der Waals surface area contributed by atoms with E-state index in [0.717, 1.165) is 39.0 Å². The van der Waals surface area contributed by atoms with Crippen LogP contribution in [0.2, 0.25) is 0 Å². The Balaban J connectivity index is 1.59. The van der Waals surface area contributed by atoms with Gasteiger partial charge in [0.05, 0.1) is 18.7 Å². The molecule has 0 aliphatic heterocycles. The van der Waals surface area contributed by atoms with Gasteiger partial charge in [-0.15, -0.1) is 0 Å². The Morgan fingerprint density at radius 1 is 1.06 bits per heavy atom. The van der Waals surface area contributed by atoms with Crippen LogP contribution in [0.1, 0.15) is 25.5 Å². The van der Waals surface area contributed by atoms with Gasteiger partial charge in [-0.1, -0.05) is 12.1 Å². The number of carbonyl (C=O) groups is 1. The smallest absolute Gasteiger partial charge is 0.227 e. The molecular weight excluding hydrogens is 390 g/mol. The number of nitrogens with one attached hydrogen (secondary N) is 2. The van der Waals surface area contributed by atoms with Crippen molar-refractivity contribution in [1.29, 1.82) is 0 Å². The number of aromatic nitrogens is 3. The summed E-state index contributed by atoms with van der Waals surface area (Å²) >= 11 is 0. The molecule has 31 heavy (non-hydrogen) atoms. The molecule has 0 spiro atoms. The topological polar surface area (TPSA) is 89.0 Å². The Morgan fingerprint density at radius 3 is 2.48 bits per heavy atom. The molecule has 4 rings (SSSR count). The molecule has 7 heteroatoms. The van der Waals surface area contributed by atoms with Crippen LogP contribution in [-0.2, 0) is 4.79 Å². The Morgan fingerprint density at radius 2 is 1.81 bits per heavy atom. The zero-order valence-electron chi connectivity index (χ0n) is 17.6. The first-order valence-corrected chi connectivity index (χ1v) is 9.93. The first-order valence-electron chi connectivity index (χ1n) is 9.93. The third-order valence-corrected chi connectivity index (χ3v) is 4.98. The highest BCUT2D eigenvalue weighted by Crippen LogP contribution is 2.33. The molecule has 0 saturated heterocycles. The normalized spacial score (nSPS) is 11.7. The van der Waals surface area contributed by atoms with Gasteiger partial charge in [0.2, 0.25) is 11.9 Å². The molecule has 7 nitrogen and oxygen atoms in total. The van der Waals surface area contributed by atoms with E-state index in [4.69, 9.17) is 4.74 Å². The fourth-order valence-electron chi connectivity index (χ4n) is 3.42. The summed E-state index contributed by atoms with van der Waals surface area (Å²) in [6.07, 6.45) is 5.30. The van der Waals surface area contributed by atoms with E-state index >= 15 is 0 Å². The van der Waals surface area contributed by atoms with E-state index in [1.165, 1.54) is 6.92 Å². The number of amides is 1. The number of anilines is 2. The van der Waals surface area contributed by atoms with Crippen LogP contribution in [0.5, 0.6) is 5.75 Å². The number of hydrogen-bond acceptors (Lipinski definition) is 6. The van der Waals surface area contributed by atoms with Gasteiger partial charge in [0.1, 0.15) is 5.75 Å². The predicted octanol–water partition coefficient (Wildman–Crippen LogP) is 4.64. The van der Waals surface area contributed by atoms with Crippen molar-refractivity contribution in [2.75, 3.05) is 12.4 Å². The first-order chi connectivity index (χ1) is 15.0. The molecule has 0 bridgehead atoms. The number of rotatable bonds is 6. The van der Waals surface area contributed by atoms with Crippen molar-refractivity contribution >= 4 is 28.4 Å². The third-order valence-electron chi connectivity index (χ3n) is 4.98. The lowest BCUT2D eigenvalue weighted by molar-refractivity contribution is -0.119. The maximum Gasteiger partial charge on any atom is 0.227 e. The molecule has 4 aromatic rings. The van der Waals surface area contributed by atoms with Gasteiger partial charge in [-0.2, -0.15) is 0 Å². The SMILES string of the molecule is COc1cc2nc(Nc3ccc([C@@H](C)NC(C)=O)cc3)ncc2cc1-c1ccncc1. The number of hydrogen-bond donors (Lipinski definition) is 2. The molecule has 0 saturated carbocycles. The van der Waals surface area contributed by atoms with Gasteiger partial charge in [-0.05, 0) is 48.4 Å². The van der Waals surface area contributed by atoms with E-state index in [2.05, 4.69) is 25.6 Å². The molecule has 0 aliphatic rings. The van der Waals surface area contributed by atoms with Crippen molar-refractivity contribution in [3.8, 4) is 16.9 Å². The molecular formula is C24H23N5O2. The van der Waals surface area contributed by atoms with Crippen molar-refractivity contribution in [1.82, 2.24) is 20.3 Å². The molecule has 2 aromatic heterocycles. The summed E-state index contributed by atoms with van der Waals surface area (Å²) in [6.45, 7) is 3.46. The highest BCUT2D eigenvalue weighted by atomic mass is 16.5. The average molecular weight is 413 g/mol. The zero-order chi connectivity index (χ0) is 21.8. The molecule has 2 aromatic carbocycles. The van der Waals surface area contributed by atoms with Crippen LogP contribution in [0.3, 0.4) is 0 Å². The van der Waals surface area contributed by atoms with Crippen LogP contribution in [0.15, 0.2) is 67.1 Å². The molecule has 0 aliphatic carbocycles. The Labute approximate surface area is 180 Å².